The molecule has 1 aromatic heterocycles. The van der Waals surface area contributed by atoms with Crippen molar-refractivity contribution in [1.82, 2.24) is 4.98 Å². The van der Waals surface area contributed by atoms with Crippen LogP contribution in [0.4, 0.5) is 5.82 Å². The summed E-state index contributed by atoms with van der Waals surface area (Å²) in [4.78, 5) is 6.73. The van der Waals surface area contributed by atoms with Gasteiger partial charge in [0.2, 0.25) is 0 Å². The summed E-state index contributed by atoms with van der Waals surface area (Å²) in [5, 5.41) is 0. The second-order valence-corrected chi connectivity index (χ2v) is 4.66. The van der Waals surface area contributed by atoms with Gasteiger partial charge >= 0.3 is 0 Å². The number of anilines is 1. The van der Waals surface area contributed by atoms with E-state index < -0.39 is 0 Å². The lowest BCUT2D eigenvalue weighted by Crippen LogP contribution is -2.37. The van der Waals surface area contributed by atoms with Crippen LogP contribution in [-0.4, -0.2) is 31.3 Å². The first-order chi connectivity index (χ1) is 8.20. The molecule has 1 saturated heterocycles. The zero-order valence-corrected chi connectivity index (χ0v) is 10.6. The highest BCUT2D eigenvalue weighted by Crippen LogP contribution is 2.21. The van der Waals surface area contributed by atoms with E-state index in [4.69, 9.17) is 10.5 Å². The molecular formula is C13H21N3O. The average molecular weight is 235 g/mol. The van der Waals surface area contributed by atoms with Crippen molar-refractivity contribution in [2.45, 2.75) is 31.9 Å². The number of methoxy groups -OCH3 is 1. The van der Waals surface area contributed by atoms with Crippen LogP contribution in [-0.2, 0) is 4.74 Å². The molecule has 94 valence electrons. The minimum Gasteiger partial charge on any atom is -0.381 e. The van der Waals surface area contributed by atoms with E-state index in [0.29, 0.717) is 6.10 Å². The van der Waals surface area contributed by atoms with Crippen molar-refractivity contribution in [2.24, 2.45) is 5.73 Å². The molecule has 1 aromatic rings. The van der Waals surface area contributed by atoms with Crippen molar-refractivity contribution in [1.29, 1.82) is 0 Å². The van der Waals surface area contributed by atoms with E-state index in [1.807, 2.05) is 19.2 Å². The van der Waals surface area contributed by atoms with E-state index in [9.17, 15) is 0 Å². The number of hydrogen-bond acceptors (Lipinski definition) is 4. The Morgan fingerprint density at radius 2 is 2.18 bits per heavy atom. The van der Waals surface area contributed by atoms with Crippen molar-refractivity contribution in [2.75, 3.05) is 25.1 Å². The van der Waals surface area contributed by atoms with Gasteiger partial charge in [0, 0.05) is 32.4 Å². The lowest BCUT2D eigenvalue weighted by molar-refractivity contribution is 0.0818. The molecule has 1 aliphatic heterocycles. The van der Waals surface area contributed by atoms with Gasteiger partial charge in [-0.3, -0.25) is 0 Å². The molecule has 2 rings (SSSR count). The van der Waals surface area contributed by atoms with Crippen LogP contribution >= 0.6 is 0 Å². The molecule has 0 saturated carbocycles. The molecule has 0 bridgehead atoms. The summed E-state index contributed by atoms with van der Waals surface area (Å²) in [6.07, 6.45) is 4.39. The maximum Gasteiger partial charge on any atom is 0.128 e. The maximum absolute atomic E-state index is 5.89. The van der Waals surface area contributed by atoms with Crippen molar-refractivity contribution in [3.63, 3.8) is 0 Å². The van der Waals surface area contributed by atoms with Gasteiger partial charge in [-0.25, -0.2) is 4.98 Å². The van der Waals surface area contributed by atoms with Crippen molar-refractivity contribution >= 4 is 5.82 Å². The Morgan fingerprint density at radius 1 is 1.47 bits per heavy atom. The highest BCUT2D eigenvalue weighted by Gasteiger charge is 2.19. The fraction of sp³-hybridized carbons (Fsp3) is 0.615. The molecule has 0 aliphatic carbocycles. The van der Waals surface area contributed by atoms with Gasteiger partial charge in [0.1, 0.15) is 5.82 Å². The van der Waals surface area contributed by atoms with E-state index in [-0.39, 0.29) is 6.04 Å². The summed E-state index contributed by atoms with van der Waals surface area (Å²) in [5.74, 6) is 1.04. The number of hydrogen-bond donors (Lipinski definition) is 1. The zero-order valence-electron chi connectivity index (χ0n) is 10.6. The number of nitrogens with zero attached hydrogens (tertiary/aromatic N) is 2. The number of aromatic nitrogens is 1. The first kappa shape index (κ1) is 12.3. The van der Waals surface area contributed by atoms with Gasteiger partial charge in [-0.05, 0) is 37.5 Å². The SMILES string of the molecule is COC1CCN(c2cc([C@H](C)N)ccn2)CC1. The maximum atomic E-state index is 5.89. The number of nitrogens with two attached hydrogens (primary N) is 1. The Labute approximate surface area is 103 Å². The normalized spacial score (nSPS) is 19.4. The Morgan fingerprint density at radius 3 is 2.76 bits per heavy atom. The molecule has 1 fully saturated rings. The van der Waals surface area contributed by atoms with E-state index >= 15 is 0 Å². The predicted molar refractivity (Wildman–Crippen MR) is 69.1 cm³/mol. The van der Waals surface area contributed by atoms with Gasteiger partial charge in [0.05, 0.1) is 6.10 Å². The Balaban J connectivity index is 2.05. The second-order valence-electron chi connectivity index (χ2n) is 4.66. The summed E-state index contributed by atoms with van der Waals surface area (Å²) in [5.41, 5.74) is 7.03. The molecular weight excluding hydrogens is 214 g/mol. The minimum atomic E-state index is 0.0632. The first-order valence-electron chi connectivity index (χ1n) is 6.20. The zero-order chi connectivity index (χ0) is 12.3. The van der Waals surface area contributed by atoms with Gasteiger partial charge in [0.15, 0.2) is 0 Å². The quantitative estimate of drug-likeness (QED) is 0.866. The van der Waals surface area contributed by atoms with Gasteiger partial charge in [-0.15, -0.1) is 0 Å². The van der Waals surface area contributed by atoms with Gasteiger partial charge in [0.25, 0.3) is 0 Å². The van der Waals surface area contributed by atoms with Crippen LogP contribution in [0.2, 0.25) is 0 Å². The molecule has 0 spiro atoms. The average Bonchev–Trinajstić information content (AvgIpc) is 2.39. The minimum absolute atomic E-state index is 0.0632. The van der Waals surface area contributed by atoms with Crippen LogP contribution in [0.15, 0.2) is 18.3 Å². The summed E-state index contributed by atoms with van der Waals surface area (Å²) < 4.78 is 5.37. The van der Waals surface area contributed by atoms with Crippen LogP contribution in [0.1, 0.15) is 31.4 Å². The smallest absolute Gasteiger partial charge is 0.128 e. The summed E-state index contributed by atoms with van der Waals surface area (Å²) in [6.45, 7) is 4.01. The Bertz CT molecular complexity index is 359. The molecule has 17 heavy (non-hydrogen) atoms. The second kappa shape index (κ2) is 5.47. The fourth-order valence-electron chi connectivity index (χ4n) is 2.21. The molecule has 1 atom stereocenters. The molecule has 4 nitrogen and oxygen atoms in total. The van der Waals surface area contributed by atoms with E-state index in [0.717, 1.165) is 37.3 Å². The predicted octanol–water partition coefficient (Wildman–Crippen LogP) is 1.72. The molecule has 0 amide bonds. The van der Waals surface area contributed by atoms with E-state index in [2.05, 4.69) is 16.0 Å². The van der Waals surface area contributed by atoms with E-state index in [1.54, 1.807) is 7.11 Å². The third-order valence-corrected chi connectivity index (χ3v) is 3.39. The molecule has 0 unspecified atom stereocenters. The third-order valence-electron chi connectivity index (χ3n) is 3.39. The molecule has 2 heterocycles. The van der Waals surface area contributed by atoms with Crippen LogP contribution in [0.3, 0.4) is 0 Å². The number of pyridine rings is 1. The van der Waals surface area contributed by atoms with Gasteiger partial charge in [-0.1, -0.05) is 0 Å². The van der Waals surface area contributed by atoms with E-state index in [1.165, 1.54) is 0 Å². The molecule has 0 aromatic carbocycles. The largest absolute Gasteiger partial charge is 0.381 e. The third kappa shape index (κ3) is 2.96. The molecule has 4 heteroatoms. The summed E-state index contributed by atoms with van der Waals surface area (Å²) in [7, 11) is 1.79. The number of ether oxygens (including phenoxy) is 1. The van der Waals surface area contributed by atoms with Crippen LogP contribution < -0.4 is 10.6 Å². The van der Waals surface area contributed by atoms with Crippen LogP contribution in [0.5, 0.6) is 0 Å². The summed E-state index contributed by atoms with van der Waals surface area (Å²) in [6, 6.07) is 4.14. The van der Waals surface area contributed by atoms with Crippen molar-refractivity contribution < 1.29 is 4.74 Å². The fourth-order valence-corrected chi connectivity index (χ4v) is 2.21. The molecule has 2 N–H and O–H groups in total. The molecule has 0 radical (unpaired) electrons. The Hall–Kier alpha value is -1.13. The summed E-state index contributed by atoms with van der Waals surface area (Å²) >= 11 is 0. The van der Waals surface area contributed by atoms with Crippen LogP contribution in [0, 0.1) is 0 Å². The van der Waals surface area contributed by atoms with Crippen LogP contribution in [0.25, 0.3) is 0 Å². The lowest BCUT2D eigenvalue weighted by Gasteiger charge is -2.32. The van der Waals surface area contributed by atoms with Gasteiger partial charge < -0.3 is 15.4 Å². The highest BCUT2D eigenvalue weighted by molar-refractivity contribution is 5.42. The Kier molecular flexibility index (Phi) is 3.97. The van der Waals surface area contributed by atoms with Crippen molar-refractivity contribution in [3.8, 4) is 0 Å². The number of piperidine rings is 1. The monoisotopic (exact) mass is 235 g/mol. The number of rotatable bonds is 3. The van der Waals surface area contributed by atoms with Gasteiger partial charge in [-0.2, -0.15) is 0 Å². The first-order valence-corrected chi connectivity index (χ1v) is 6.20. The molecule has 1 aliphatic rings. The lowest BCUT2D eigenvalue weighted by atomic mass is 10.1. The standard InChI is InChI=1S/C13H21N3O/c1-10(14)11-3-6-15-13(9-11)16-7-4-12(17-2)5-8-16/h3,6,9-10,12H,4-5,7-8,14H2,1-2H3/t10-/m0/s1. The van der Waals surface area contributed by atoms with Crippen molar-refractivity contribution in [3.05, 3.63) is 23.9 Å². The topological polar surface area (TPSA) is 51.4 Å². The highest BCUT2D eigenvalue weighted by atomic mass is 16.5.